The van der Waals surface area contributed by atoms with Crippen LogP contribution in [0.5, 0.6) is 11.5 Å². The van der Waals surface area contributed by atoms with Crippen LogP contribution in [0.4, 0.5) is 0 Å². The van der Waals surface area contributed by atoms with Crippen LogP contribution in [0, 0.1) is 0 Å². The zero-order valence-electron chi connectivity index (χ0n) is 7.62. The first-order valence-corrected chi connectivity index (χ1v) is 4.41. The van der Waals surface area contributed by atoms with E-state index in [1.807, 2.05) is 18.2 Å². The van der Waals surface area contributed by atoms with E-state index in [1.165, 1.54) is 5.56 Å². The van der Waals surface area contributed by atoms with Crippen molar-refractivity contribution in [2.75, 3.05) is 13.3 Å². The summed E-state index contributed by atoms with van der Waals surface area (Å²) in [6.07, 6.45) is 0. The molecule has 0 spiro atoms. The minimum Gasteiger partial charge on any atom is -0.454 e. The van der Waals surface area contributed by atoms with Gasteiger partial charge in [-0.25, -0.2) is 0 Å². The molecule has 0 aromatic heterocycles. The van der Waals surface area contributed by atoms with Crippen LogP contribution < -0.4 is 15.2 Å². The largest absolute Gasteiger partial charge is 0.454 e. The smallest absolute Gasteiger partial charge is 0.231 e. The Morgan fingerprint density at radius 1 is 1.38 bits per heavy atom. The lowest BCUT2D eigenvalue weighted by molar-refractivity contribution is 0.174. The van der Waals surface area contributed by atoms with Crippen molar-refractivity contribution in [3.8, 4) is 11.5 Å². The summed E-state index contributed by atoms with van der Waals surface area (Å²) >= 11 is 0. The van der Waals surface area contributed by atoms with Crippen LogP contribution in [0.15, 0.2) is 18.2 Å². The maximum atomic E-state index is 5.58. The van der Waals surface area contributed by atoms with E-state index in [1.54, 1.807) is 0 Å². The van der Waals surface area contributed by atoms with Crippen molar-refractivity contribution in [3.05, 3.63) is 23.8 Å². The molecule has 2 N–H and O–H groups in total. The number of rotatable bonds is 2. The Morgan fingerprint density at radius 2 is 2.15 bits per heavy atom. The standard InChI is InChI=1S/C10H13NO2/c1-7(5-11)8-2-3-9-10(4-8)13-6-12-9/h2-4,7H,5-6,11H2,1H3/t7-/m1/s1. The van der Waals surface area contributed by atoms with E-state index in [2.05, 4.69) is 6.92 Å². The lowest BCUT2D eigenvalue weighted by atomic mass is 10.0. The second kappa shape index (κ2) is 3.26. The summed E-state index contributed by atoms with van der Waals surface area (Å²) in [5.41, 5.74) is 6.78. The Morgan fingerprint density at radius 3 is 2.92 bits per heavy atom. The van der Waals surface area contributed by atoms with Gasteiger partial charge in [-0.3, -0.25) is 0 Å². The van der Waals surface area contributed by atoms with Crippen molar-refractivity contribution in [2.24, 2.45) is 5.73 Å². The third kappa shape index (κ3) is 1.47. The van der Waals surface area contributed by atoms with Gasteiger partial charge >= 0.3 is 0 Å². The molecular weight excluding hydrogens is 166 g/mol. The van der Waals surface area contributed by atoms with Crippen molar-refractivity contribution in [2.45, 2.75) is 12.8 Å². The molecule has 0 radical (unpaired) electrons. The molecule has 1 aromatic rings. The van der Waals surface area contributed by atoms with Crippen LogP contribution in [0.25, 0.3) is 0 Å². The molecule has 2 rings (SSSR count). The molecule has 0 bridgehead atoms. The topological polar surface area (TPSA) is 44.5 Å². The summed E-state index contributed by atoms with van der Waals surface area (Å²) in [6, 6.07) is 5.97. The fraction of sp³-hybridized carbons (Fsp3) is 0.400. The predicted molar refractivity (Wildman–Crippen MR) is 50.0 cm³/mol. The monoisotopic (exact) mass is 179 g/mol. The van der Waals surface area contributed by atoms with Gasteiger partial charge in [0.15, 0.2) is 11.5 Å². The fourth-order valence-electron chi connectivity index (χ4n) is 1.36. The minimum atomic E-state index is 0.329. The molecule has 3 nitrogen and oxygen atoms in total. The molecule has 1 aliphatic heterocycles. The first-order chi connectivity index (χ1) is 6.31. The van der Waals surface area contributed by atoms with Crippen molar-refractivity contribution in [3.63, 3.8) is 0 Å². The van der Waals surface area contributed by atoms with Crippen molar-refractivity contribution in [1.29, 1.82) is 0 Å². The summed E-state index contributed by atoms with van der Waals surface area (Å²) in [6.45, 7) is 3.08. The third-order valence-corrected chi connectivity index (χ3v) is 2.32. The van der Waals surface area contributed by atoms with Gasteiger partial charge in [0.05, 0.1) is 0 Å². The predicted octanol–water partition coefficient (Wildman–Crippen LogP) is 1.48. The molecule has 3 heteroatoms. The van der Waals surface area contributed by atoms with Crippen LogP contribution in [0.1, 0.15) is 18.4 Å². The normalized spacial score (nSPS) is 15.8. The zero-order chi connectivity index (χ0) is 9.26. The number of hydrogen-bond donors (Lipinski definition) is 1. The van der Waals surface area contributed by atoms with Crippen LogP contribution in [-0.2, 0) is 0 Å². The lowest BCUT2D eigenvalue weighted by Crippen LogP contribution is -2.08. The van der Waals surface area contributed by atoms with E-state index in [-0.39, 0.29) is 0 Å². The van der Waals surface area contributed by atoms with Gasteiger partial charge in [0.1, 0.15) is 0 Å². The van der Waals surface area contributed by atoms with E-state index in [9.17, 15) is 0 Å². The summed E-state index contributed by atoms with van der Waals surface area (Å²) in [5.74, 6) is 2.03. The Labute approximate surface area is 77.5 Å². The maximum Gasteiger partial charge on any atom is 0.231 e. The summed E-state index contributed by atoms with van der Waals surface area (Å²) in [5, 5.41) is 0. The van der Waals surface area contributed by atoms with Crippen molar-refractivity contribution < 1.29 is 9.47 Å². The van der Waals surface area contributed by atoms with Crippen molar-refractivity contribution in [1.82, 2.24) is 0 Å². The van der Waals surface area contributed by atoms with E-state index >= 15 is 0 Å². The Hall–Kier alpha value is -1.22. The van der Waals surface area contributed by atoms with E-state index in [0.29, 0.717) is 19.3 Å². The second-order valence-corrected chi connectivity index (χ2v) is 3.25. The average Bonchev–Trinajstić information content (AvgIpc) is 2.63. The van der Waals surface area contributed by atoms with Crippen LogP contribution >= 0.6 is 0 Å². The van der Waals surface area contributed by atoms with Crippen molar-refractivity contribution >= 4 is 0 Å². The Balaban J connectivity index is 2.30. The number of benzene rings is 1. The molecule has 1 heterocycles. The summed E-state index contributed by atoms with van der Waals surface area (Å²) in [4.78, 5) is 0. The summed E-state index contributed by atoms with van der Waals surface area (Å²) in [7, 11) is 0. The molecular formula is C10H13NO2. The molecule has 13 heavy (non-hydrogen) atoms. The van der Waals surface area contributed by atoms with Gasteiger partial charge in [-0.1, -0.05) is 13.0 Å². The maximum absolute atomic E-state index is 5.58. The molecule has 0 aliphatic carbocycles. The number of nitrogens with two attached hydrogens (primary N) is 1. The number of fused-ring (bicyclic) bond motifs is 1. The molecule has 1 aromatic carbocycles. The van der Waals surface area contributed by atoms with Gasteiger partial charge in [0.25, 0.3) is 0 Å². The van der Waals surface area contributed by atoms with E-state index in [4.69, 9.17) is 15.2 Å². The van der Waals surface area contributed by atoms with Gasteiger partial charge < -0.3 is 15.2 Å². The fourth-order valence-corrected chi connectivity index (χ4v) is 1.36. The first-order valence-electron chi connectivity index (χ1n) is 4.41. The molecule has 0 saturated heterocycles. The minimum absolute atomic E-state index is 0.329. The Kier molecular flexibility index (Phi) is 2.10. The molecule has 70 valence electrons. The summed E-state index contributed by atoms with van der Waals surface area (Å²) < 4.78 is 10.5. The van der Waals surface area contributed by atoms with Crippen LogP contribution in [0.2, 0.25) is 0 Å². The molecule has 0 saturated carbocycles. The first kappa shape index (κ1) is 8.38. The highest BCUT2D eigenvalue weighted by atomic mass is 16.7. The Bertz CT molecular complexity index is 312. The van der Waals surface area contributed by atoms with E-state index < -0.39 is 0 Å². The highest BCUT2D eigenvalue weighted by Crippen LogP contribution is 2.34. The molecule has 0 unspecified atom stereocenters. The van der Waals surface area contributed by atoms with Gasteiger partial charge in [-0.2, -0.15) is 0 Å². The second-order valence-electron chi connectivity index (χ2n) is 3.25. The van der Waals surface area contributed by atoms with Gasteiger partial charge in [0, 0.05) is 0 Å². The number of ether oxygens (including phenoxy) is 2. The molecule has 1 atom stereocenters. The molecule has 1 aliphatic rings. The molecule has 0 fully saturated rings. The van der Waals surface area contributed by atoms with E-state index in [0.717, 1.165) is 11.5 Å². The molecule has 0 amide bonds. The quantitative estimate of drug-likeness (QED) is 0.747. The highest BCUT2D eigenvalue weighted by molar-refractivity contribution is 5.45. The number of hydrogen-bond acceptors (Lipinski definition) is 3. The zero-order valence-corrected chi connectivity index (χ0v) is 7.62. The average molecular weight is 179 g/mol. The van der Waals surface area contributed by atoms with Crippen LogP contribution in [-0.4, -0.2) is 13.3 Å². The van der Waals surface area contributed by atoms with Crippen LogP contribution in [0.3, 0.4) is 0 Å². The van der Waals surface area contributed by atoms with Gasteiger partial charge in [-0.15, -0.1) is 0 Å². The highest BCUT2D eigenvalue weighted by Gasteiger charge is 2.14. The SMILES string of the molecule is C[C@H](CN)c1ccc2c(c1)OCO2. The third-order valence-electron chi connectivity index (χ3n) is 2.32. The van der Waals surface area contributed by atoms with Gasteiger partial charge in [0.2, 0.25) is 6.79 Å². The lowest BCUT2D eigenvalue weighted by Gasteiger charge is -2.08. The van der Waals surface area contributed by atoms with Gasteiger partial charge in [-0.05, 0) is 30.2 Å².